The molecule has 3 N–H and O–H groups in total. The van der Waals surface area contributed by atoms with E-state index in [1.165, 1.54) is 0 Å². The highest BCUT2D eigenvalue weighted by Gasteiger charge is 2.08. The molecule has 18 heavy (non-hydrogen) atoms. The number of anilines is 2. The third kappa shape index (κ3) is 2.60. The van der Waals surface area contributed by atoms with Crippen molar-refractivity contribution < 1.29 is 5.11 Å². The summed E-state index contributed by atoms with van der Waals surface area (Å²) in [4.78, 5) is 6.42. The predicted molar refractivity (Wildman–Crippen MR) is 72.9 cm³/mol. The minimum atomic E-state index is 0.254. The Hall–Kier alpha value is -2.07. The lowest BCUT2D eigenvalue weighted by molar-refractivity contribution is 0.475. The first-order chi connectivity index (χ1) is 8.74. The molecule has 2 aromatic rings. The summed E-state index contributed by atoms with van der Waals surface area (Å²) in [6.45, 7) is 3.31. The van der Waals surface area contributed by atoms with E-state index in [1.807, 2.05) is 36.1 Å². The SMILES string of the molecule is CCN(c1cccc(O)c1)c1ccc(CN)cn1. The van der Waals surface area contributed by atoms with Gasteiger partial charge in [0.1, 0.15) is 11.6 Å². The van der Waals surface area contributed by atoms with Gasteiger partial charge in [-0.15, -0.1) is 0 Å². The van der Waals surface area contributed by atoms with Gasteiger partial charge >= 0.3 is 0 Å². The lowest BCUT2D eigenvalue weighted by Crippen LogP contribution is -2.17. The molecule has 0 aliphatic carbocycles. The molecule has 0 aliphatic rings. The first-order valence-electron chi connectivity index (χ1n) is 5.96. The first kappa shape index (κ1) is 12.4. The lowest BCUT2D eigenvalue weighted by Gasteiger charge is -2.22. The van der Waals surface area contributed by atoms with Gasteiger partial charge < -0.3 is 15.7 Å². The van der Waals surface area contributed by atoms with E-state index < -0.39 is 0 Å². The van der Waals surface area contributed by atoms with Crippen LogP contribution in [-0.4, -0.2) is 16.6 Å². The van der Waals surface area contributed by atoms with Crippen LogP contribution in [0.5, 0.6) is 5.75 Å². The van der Waals surface area contributed by atoms with Crippen molar-refractivity contribution >= 4 is 11.5 Å². The van der Waals surface area contributed by atoms with Gasteiger partial charge in [-0.05, 0) is 30.7 Å². The summed E-state index contributed by atoms with van der Waals surface area (Å²) >= 11 is 0. The third-order valence-corrected chi connectivity index (χ3v) is 2.78. The number of hydrogen-bond acceptors (Lipinski definition) is 4. The van der Waals surface area contributed by atoms with E-state index in [9.17, 15) is 5.11 Å². The van der Waals surface area contributed by atoms with E-state index in [1.54, 1.807) is 18.3 Å². The van der Waals surface area contributed by atoms with Crippen molar-refractivity contribution in [1.29, 1.82) is 0 Å². The quantitative estimate of drug-likeness (QED) is 0.865. The van der Waals surface area contributed by atoms with Crippen LogP contribution < -0.4 is 10.6 Å². The van der Waals surface area contributed by atoms with Crippen LogP contribution in [0, 0.1) is 0 Å². The summed E-state index contributed by atoms with van der Waals surface area (Å²) in [5.74, 6) is 1.10. The average molecular weight is 243 g/mol. The van der Waals surface area contributed by atoms with E-state index in [-0.39, 0.29) is 5.75 Å². The molecule has 94 valence electrons. The van der Waals surface area contributed by atoms with Gasteiger partial charge in [-0.25, -0.2) is 4.98 Å². The van der Waals surface area contributed by atoms with Crippen LogP contribution in [0.2, 0.25) is 0 Å². The Labute approximate surface area is 107 Å². The van der Waals surface area contributed by atoms with Crippen molar-refractivity contribution in [1.82, 2.24) is 4.98 Å². The smallest absolute Gasteiger partial charge is 0.132 e. The summed E-state index contributed by atoms with van der Waals surface area (Å²) in [5.41, 5.74) is 7.48. The van der Waals surface area contributed by atoms with Crippen LogP contribution in [0.4, 0.5) is 11.5 Å². The minimum absolute atomic E-state index is 0.254. The number of hydrogen-bond donors (Lipinski definition) is 2. The second-order valence-corrected chi connectivity index (χ2v) is 3.99. The van der Waals surface area contributed by atoms with Crippen molar-refractivity contribution in [3.8, 4) is 5.75 Å². The first-order valence-corrected chi connectivity index (χ1v) is 5.96. The van der Waals surface area contributed by atoms with Crippen molar-refractivity contribution in [3.63, 3.8) is 0 Å². The molecule has 0 atom stereocenters. The maximum Gasteiger partial charge on any atom is 0.132 e. The average Bonchev–Trinajstić information content (AvgIpc) is 2.40. The molecule has 1 heterocycles. The Morgan fingerprint density at radius 1 is 1.28 bits per heavy atom. The molecule has 4 heteroatoms. The second-order valence-electron chi connectivity index (χ2n) is 3.99. The molecule has 0 fully saturated rings. The number of benzene rings is 1. The highest BCUT2D eigenvalue weighted by Crippen LogP contribution is 2.26. The van der Waals surface area contributed by atoms with Crippen LogP contribution in [0.1, 0.15) is 12.5 Å². The Bertz CT molecular complexity index is 511. The maximum absolute atomic E-state index is 9.52. The highest BCUT2D eigenvalue weighted by atomic mass is 16.3. The molecule has 0 bridgehead atoms. The van der Waals surface area contributed by atoms with Crippen molar-refractivity contribution in [2.75, 3.05) is 11.4 Å². The molecule has 0 amide bonds. The van der Waals surface area contributed by atoms with E-state index in [4.69, 9.17) is 5.73 Å². The Morgan fingerprint density at radius 3 is 2.67 bits per heavy atom. The number of nitrogens with two attached hydrogens (primary N) is 1. The largest absolute Gasteiger partial charge is 0.508 e. The van der Waals surface area contributed by atoms with Gasteiger partial charge in [-0.2, -0.15) is 0 Å². The fraction of sp³-hybridized carbons (Fsp3) is 0.214. The van der Waals surface area contributed by atoms with Gasteiger partial charge in [0.15, 0.2) is 0 Å². The van der Waals surface area contributed by atoms with E-state index in [0.29, 0.717) is 6.54 Å². The fourth-order valence-corrected chi connectivity index (χ4v) is 1.83. The molecule has 0 saturated heterocycles. The van der Waals surface area contributed by atoms with E-state index in [0.717, 1.165) is 23.6 Å². The number of rotatable bonds is 4. The summed E-state index contributed by atoms with van der Waals surface area (Å²) in [5, 5.41) is 9.52. The lowest BCUT2D eigenvalue weighted by atomic mass is 10.2. The number of phenolic OH excluding ortho intramolecular Hbond substituents is 1. The van der Waals surface area contributed by atoms with Crippen LogP contribution in [0.15, 0.2) is 42.6 Å². The van der Waals surface area contributed by atoms with Gasteiger partial charge in [0, 0.05) is 31.0 Å². The third-order valence-electron chi connectivity index (χ3n) is 2.78. The standard InChI is InChI=1S/C14H17N3O/c1-2-17(12-4-3-5-13(18)8-12)14-7-6-11(9-15)10-16-14/h3-8,10,18H,2,9,15H2,1H3. The van der Waals surface area contributed by atoms with E-state index >= 15 is 0 Å². The van der Waals surface area contributed by atoms with Crippen LogP contribution in [0.3, 0.4) is 0 Å². The Kier molecular flexibility index (Phi) is 3.79. The molecular weight excluding hydrogens is 226 g/mol. The van der Waals surface area contributed by atoms with Crippen molar-refractivity contribution in [2.45, 2.75) is 13.5 Å². The van der Waals surface area contributed by atoms with Gasteiger partial charge in [-0.1, -0.05) is 12.1 Å². The Morgan fingerprint density at radius 2 is 2.11 bits per heavy atom. The molecule has 1 aromatic carbocycles. The number of nitrogens with zero attached hydrogens (tertiary/aromatic N) is 2. The van der Waals surface area contributed by atoms with Gasteiger partial charge in [0.2, 0.25) is 0 Å². The molecular formula is C14H17N3O. The number of phenols is 1. The molecule has 0 saturated carbocycles. The molecule has 0 unspecified atom stereocenters. The topological polar surface area (TPSA) is 62.4 Å². The minimum Gasteiger partial charge on any atom is -0.508 e. The number of pyridine rings is 1. The number of aromatic hydroxyl groups is 1. The molecule has 1 aromatic heterocycles. The fourth-order valence-electron chi connectivity index (χ4n) is 1.83. The zero-order chi connectivity index (χ0) is 13.0. The predicted octanol–water partition coefficient (Wildman–Crippen LogP) is 2.40. The van der Waals surface area contributed by atoms with Gasteiger partial charge in [-0.3, -0.25) is 0 Å². The number of aromatic nitrogens is 1. The summed E-state index contributed by atoms with van der Waals surface area (Å²) < 4.78 is 0. The zero-order valence-electron chi connectivity index (χ0n) is 10.4. The molecule has 0 radical (unpaired) electrons. The Balaban J connectivity index is 2.32. The van der Waals surface area contributed by atoms with Crippen LogP contribution in [-0.2, 0) is 6.54 Å². The van der Waals surface area contributed by atoms with Gasteiger partial charge in [0.25, 0.3) is 0 Å². The normalized spacial score (nSPS) is 10.3. The molecule has 0 aliphatic heterocycles. The van der Waals surface area contributed by atoms with Crippen LogP contribution in [0.25, 0.3) is 0 Å². The summed E-state index contributed by atoms with van der Waals surface area (Å²) in [6.07, 6.45) is 1.78. The maximum atomic E-state index is 9.52. The molecule has 0 spiro atoms. The van der Waals surface area contributed by atoms with Crippen molar-refractivity contribution in [3.05, 3.63) is 48.2 Å². The monoisotopic (exact) mass is 243 g/mol. The summed E-state index contributed by atoms with van der Waals surface area (Å²) in [6, 6.07) is 11.1. The molecule has 4 nitrogen and oxygen atoms in total. The van der Waals surface area contributed by atoms with Gasteiger partial charge in [0.05, 0.1) is 0 Å². The highest BCUT2D eigenvalue weighted by molar-refractivity contribution is 5.61. The second kappa shape index (κ2) is 5.51. The zero-order valence-corrected chi connectivity index (χ0v) is 10.4. The summed E-state index contributed by atoms with van der Waals surface area (Å²) in [7, 11) is 0. The van der Waals surface area contributed by atoms with E-state index in [2.05, 4.69) is 4.98 Å². The van der Waals surface area contributed by atoms with Crippen molar-refractivity contribution in [2.24, 2.45) is 5.73 Å². The van der Waals surface area contributed by atoms with Crippen LogP contribution >= 0.6 is 0 Å². The molecule has 2 rings (SSSR count).